The number of aryl methyl sites for hydroxylation is 3. The third kappa shape index (κ3) is 3.15. The highest BCUT2D eigenvalue weighted by Crippen LogP contribution is 2.37. The van der Waals surface area contributed by atoms with Gasteiger partial charge in [-0.05, 0) is 100 Å². The quantitative estimate of drug-likeness (QED) is 0.174. The largest absolute Gasteiger partial charge is 0.310 e. The third-order valence-electron chi connectivity index (χ3n) is 9.77. The van der Waals surface area contributed by atoms with Gasteiger partial charge >= 0.3 is 0 Å². The van der Waals surface area contributed by atoms with Crippen LogP contribution in [0.25, 0.3) is 49.0 Å². The number of rotatable bonds is 0. The third-order valence-corrected chi connectivity index (χ3v) is 9.77. The molecule has 42 heavy (non-hydrogen) atoms. The van der Waals surface area contributed by atoms with Crippen molar-refractivity contribution in [1.29, 1.82) is 0 Å². The van der Waals surface area contributed by atoms with Crippen molar-refractivity contribution in [2.75, 3.05) is 0 Å². The number of hydrogen-bond donors (Lipinski definition) is 0. The van der Waals surface area contributed by atoms with Crippen LogP contribution in [0.15, 0.2) is 115 Å². The summed E-state index contributed by atoms with van der Waals surface area (Å²) in [5.41, 5.74) is 15.2. The number of fused-ring (bicyclic) bond motifs is 12. The van der Waals surface area contributed by atoms with Crippen LogP contribution in [0.1, 0.15) is 27.8 Å². The smallest absolute Gasteiger partial charge is 0.247 e. The molecule has 0 saturated carbocycles. The van der Waals surface area contributed by atoms with Gasteiger partial charge in [0, 0.05) is 22.0 Å². The summed E-state index contributed by atoms with van der Waals surface area (Å²) in [6.45, 7) is 6.98. The molecule has 0 aliphatic carbocycles. The van der Waals surface area contributed by atoms with Crippen LogP contribution in [0.5, 0.6) is 0 Å². The van der Waals surface area contributed by atoms with E-state index in [2.05, 4.69) is 141 Å². The molecule has 9 rings (SSSR count). The lowest BCUT2D eigenvalue weighted by Crippen LogP contribution is -2.60. The Kier molecular flexibility index (Phi) is 4.88. The minimum atomic E-state index is 0.201. The van der Waals surface area contributed by atoms with Crippen LogP contribution < -0.4 is 16.4 Å². The summed E-state index contributed by atoms with van der Waals surface area (Å²) in [6, 6.07) is 43.7. The van der Waals surface area contributed by atoms with Crippen molar-refractivity contribution >= 4 is 66.5 Å². The minimum absolute atomic E-state index is 0.201. The highest BCUT2D eigenvalue weighted by Gasteiger charge is 2.38. The van der Waals surface area contributed by atoms with Gasteiger partial charge in [0.05, 0.1) is 5.52 Å². The van der Waals surface area contributed by atoms with E-state index >= 15 is 0 Å². The van der Waals surface area contributed by atoms with Crippen LogP contribution in [0.2, 0.25) is 0 Å². The van der Waals surface area contributed by atoms with Gasteiger partial charge in [-0.1, -0.05) is 108 Å². The van der Waals surface area contributed by atoms with Crippen LogP contribution in [0, 0.1) is 20.8 Å². The second-order valence-corrected chi connectivity index (χ2v) is 12.3. The molecule has 2 aliphatic rings. The van der Waals surface area contributed by atoms with Crippen molar-refractivity contribution in [3.05, 3.63) is 143 Å². The molecule has 0 radical (unpaired) electrons. The minimum Gasteiger partial charge on any atom is -0.310 e. The summed E-state index contributed by atoms with van der Waals surface area (Å²) in [5, 5.41) is 7.73. The number of benzene rings is 6. The Hall–Kier alpha value is -4.82. The molecule has 1 nitrogen and oxygen atoms in total. The van der Waals surface area contributed by atoms with E-state index in [1.165, 1.54) is 93.2 Å². The van der Waals surface area contributed by atoms with Gasteiger partial charge in [0.15, 0.2) is 0 Å². The highest BCUT2D eigenvalue weighted by atomic mass is 15.0. The Morgan fingerprint density at radius 1 is 0.548 bits per heavy atom. The van der Waals surface area contributed by atoms with Crippen molar-refractivity contribution in [3.8, 4) is 5.69 Å². The van der Waals surface area contributed by atoms with E-state index in [0.29, 0.717) is 0 Å². The molecule has 198 valence electrons. The molecule has 0 bridgehead atoms. The Balaban J connectivity index is 1.67. The van der Waals surface area contributed by atoms with Crippen molar-refractivity contribution in [2.45, 2.75) is 27.2 Å². The molecular weight excluding hydrogens is 505 g/mol. The standard InChI is InChI=1S/C40H30BN/c1-24-16-18-35-27(20-24)23-33-26(3)22-34-31-13-7-5-11-29(31)28-10-4-6-12-30(28)32-14-8-9-15-37(32)42-38-21-25(2)17-19-36(38)41(35)39(33)40(34)42/h4-22H,23H2,1-3H3. The fraction of sp³-hybridized carbons (Fsp3) is 0.100. The Bertz CT molecular complexity index is 2370. The van der Waals surface area contributed by atoms with E-state index in [-0.39, 0.29) is 6.71 Å². The number of aromatic nitrogens is 1. The van der Waals surface area contributed by atoms with Gasteiger partial charge < -0.3 is 4.57 Å². The Labute approximate surface area is 246 Å². The molecule has 0 fully saturated rings. The predicted molar refractivity (Wildman–Crippen MR) is 182 cm³/mol. The normalized spacial score (nSPS) is 13.0. The van der Waals surface area contributed by atoms with E-state index < -0.39 is 0 Å². The predicted octanol–water partition coefficient (Wildman–Crippen LogP) is 7.87. The van der Waals surface area contributed by atoms with Gasteiger partial charge in [-0.15, -0.1) is 0 Å². The summed E-state index contributed by atoms with van der Waals surface area (Å²) in [5.74, 6) is 0. The maximum Gasteiger partial charge on any atom is 0.247 e. The van der Waals surface area contributed by atoms with Crippen LogP contribution in [-0.2, 0) is 6.42 Å². The number of para-hydroxylation sites is 1. The molecule has 2 heteroatoms. The first-order valence-corrected chi connectivity index (χ1v) is 15.0. The highest BCUT2D eigenvalue weighted by molar-refractivity contribution is 6.98. The van der Waals surface area contributed by atoms with E-state index in [4.69, 9.17) is 0 Å². The fourth-order valence-corrected chi connectivity index (χ4v) is 7.97. The summed E-state index contributed by atoms with van der Waals surface area (Å²) in [6.07, 6.45) is 0.973. The molecule has 1 aromatic heterocycles. The SMILES string of the molecule is Cc1ccc2c(c1)Cc1c(C)cc3c4ccccc4c4ccccc4c4ccccc4n4c3c1B2c1ccc(C)cc1-4. The second kappa shape index (κ2) is 8.60. The van der Waals surface area contributed by atoms with Gasteiger partial charge in [-0.3, -0.25) is 0 Å². The van der Waals surface area contributed by atoms with E-state index in [9.17, 15) is 0 Å². The lowest BCUT2D eigenvalue weighted by molar-refractivity contribution is 1.13. The van der Waals surface area contributed by atoms with E-state index in [1.54, 1.807) is 0 Å². The van der Waals surface area contributed by atoms with E-state index in [0.717, 1.165) is 6.42 Å². The summed E-state index contributed by atoms with van der Waals surface area (Å²) >= 11 is 0. The molecule has 0 amide bonds. The molecular formula is C40H30BN. The van der Waals surface area contributed by atoms with Gasteiger partial charge in [-0.2, -0.15) is 0 Å². The number of nitrogens with zero attached hydrogens (tertiary/aromatic N) is 1. The first-order valence-electron chi connectivity index (χ1n) is 15.0. The molecule has 0 N–H and O–H groups in total. The van der Waals surface area contributed by atoms with Crippen molar-refractivity contribution in [1.82, 2.24) is 4.57 Å². The van der Waals surface area contributed by atoms with Crippen molar-refractivity contribution < 1.29 is 0 Å². The van der Waals surface area contributed by atoms with Gasteiger partial charge in [0.25, 0.3) is 0 Å². The van der Waals surface area contributed by atoms with Crippen LogP contribution in [-0.4, -0.2) is 11.3 Å². The summed E-state index contributed by atoms with van der Waals surface area (Å²) in [7, 11) is 0. The first-order chi connectivity index (χ1) is 20.6. The maximum atomic E-state index is 2.61. The average Bonchev–Trinajstić information content (AvgIpc) is 3.05. The summed E-state index contributed by atoms with van der Waals surface area (Å²) < 4.78 is 2.61. The lowest BCUT2D eigenvalue weighted by Gasteiger charge is -2.36. The second-order valence-electron chi connectivity index (χ2n) is 12.3. The van der Waals surface area contributed by atoms with Gasteiger partial charge in [0.2, 0.25) is 6.71 Å². The summed E-state index contributed by atoms with van der Waals surface area (Å²) in [4.78, 5) is 0. The zero-order valence-electron chi connectivity index (χ0n) is 24.2. The Morgan fingerprint density at radius 2 is 1.12 bits per heavy atom. The van der Waals surface area contributed by atoms with Crippen molar-refractivity contribution in [3.63, 3.8) is 0 Å². The van der Waals surface area contributed by atoms with Gasteiger partial charge in [0.1, 0.15) is 0 Å². The fourth-order valence-electron chi connectivity index (χ4n) is 7.97. The van der Waals surface area contributed by atoms with Crippen molar-refractivity contribution in [2.24, 2.45) is 0 Å². The van der Waals surface area contributed by atoms with Crippen LogP contribution in [0.3, 0.4) is 0 Å². The van der Waals surface area contributed by atoms with Crippen LogP contribution >= 0.6 is 0 Å². The first kappa shape index (κ1) is 23.8. The topological polar surface area (TPSA) is 4.93 Å². The Morgan fingerprint density at radius 3 is 1.83 bits per heavy atom. The molecule has 0 saturated heterocycles. The van der Waals surface area contributed by atoms with Crippen LogP contribution in [0.4, 0.5) is 0 Å². The number of hydrogen-bond acceptors (Lipinski definition) is 0. The molecule has 7 aromatic rings. The molecule has 0 spiro atoms. The lowest BCUT2D eigenvalue weighted by atomic mass is 9.32. The maximum absolute atomic E-state index is 2.61. The molecule has 6 aromatic carbocycles. The molecule has 0 atom stereocenters. The van der Waals surface area contributed by atoms with E-state index in [1.807, 2.05) is 0 Å². The molecule has 0 unspecified atom stereocenters. The molecule has 2 aliphatic heterocycles. The average molecular weight is 535 g/mol. The molecule has 3 heterocycles. The van der Waals surface area contributed by atoms with Gasteiger partial charge in [-0.25, -0.2) is 0 Å². The zero-order valence-corrected chi connectivity index (χ0v) is 24.2. The zero-order chi connectivity index (χ0) is 28.1. The monoisotopic (exact) mass is 535 g/mol.